The van der Waals surface area contributed by atoms with E-state index in [1.807, 2.05) is 0 Å². The lowest BCUT2D eigenvalue weighted by Gasteiger charge is -2.12. The van der Waals surface area contributed by atoms with Gasteiger partial charge in [0.15, 0.2) is 0 Å². The summed E-state index contributed by atoms with van der Waals surface area (Å²) in [4.78, 5) is 48.7. The van der Waals surface area contributed by atoms with E-state index in [0.717, 1.165) is 23.5 Å². The van der Waals surface area contributed by atoms with Gasteiger partial charge in [-0.3, -0.25) is 29.0 Å². The van der Waals surface area contributed by atoms with E-state index in [2.05, 4.69) is 0 Å². The zero-order chi connectivity index (χ0) is 19.4. The molecule has 2 fully saturated rings. The maximum absolute atomic E-state index is 12.3. The number of hydrogen-bond donors (Lipinski definition) is 2. The molecule has 0 radical (unpaired) electrons. The number of aliphatic carboxylic acids is 2. The third-order valence-corrected chi connectivity index (χ3v) is 6.02. The third-order valence-electron chi connectivity index (χ3n) is 3.23. The minimum absolute atomic E-state index is 0.0192. The molecule has 12 heteroatoms. The van der Waals surface area contributed by atoms with Crippen molar-refractivity contribution in [3.8, 4) is 0 Å². The van der Waals surface area contributed by atoms with Crippen molar-refractivity contribution in [2.24, 2.45) is 0 Å². The Morgan fingerprint density at radius 1 is 0.846 bits per heavy atom. The molecule has 0 atom stereocenters. The van der Waals surface area contributed by atoms with Gasteiger partial charge in [0.1, 0.15) is 8.64 Å². The van der Waals surface area contributed by atoms with Crippen molar-refractivity contribution in [3.63, 3.8) is 0 Å². The summed E-state index contributed by atoms with van der Waals surface area (Å²) in [5, 5.41) is 17.4. The maximum Gasteiger partial charge on any atom is 0.305 e. The van der Waals surface area contributed by atoms with Gasteiger partial charge < -0.3 is 10.2 Å². The number of nitrogens with zero attached hydrogens (tertiary/aromatic N) is 2. The van der Waals surface area contributed by atoms with Gasteiger partial charge in [0.2, 0.25) is 0 Å². The van der Waals surface area contributed by atoms with Crippen molar-refractivity contribution in [2.45, 2.75) is 12.8 Å². The smallest absolute Gasteiger partial charge is 0.305 e. The Labute approximate surface area is 167 Å². The largest absolute Gasteiger partial charge is 0.481 e. The molecule has 0 saturated carbocycles. The van der Waals surface area contributed by atoms with E-state index in [-0.39, 0.29) is 44.4 Å². The molecule has 2 heterocycles. The lowest BCUT2D eigenvalue weighted by atomic mass is 10.3. The molecule has 0 aromatic heterocycles. The van der Waals surface area contributed by atoms with E-state index < -0.39 is 23.8 Å². The summed E-state index contributed by atoms with van der Waals surface area (Å²) >= 11 is 12.2. The summed E-state index contributed by atoms with van der Waals surface area (Å²) in [6.45, 7) is -0.0384. The molecule has 2 aliphatic rings. The Bertz CT molecular complexity index is 711. The van der Waals surface area contributed by atoms with E-state index in [4.69, 9.17) is 34.6 Å². The van der Waals surface area contributed by atoms with Crippen molar-refractivity contribution in [2.75, 3.05) is 13.1 Å². The minimum atomic E-state index is -1.03. The van der Waals surface area contributed by atoms with Crippen LogP contribution in [0.25, 0.3) is 0 Å². The number of carbonyl (C=O) groups is 4. The quantitative estimate of drug-likeness (QED) is 0.452. The van der Waals surface area contributed by atoms with Crippen LogP contribution in [-0.4, -0.2) is 65.5 Å². The Hall–Kier alpha value is -1.76. The Balaban J connectivity index is 2.08. The summed E-state index contributed by atoms with van der Waals surface area (Å²) < 4.78 is 0.509. The molecular weight excluding hydrogens is 420 g/mol. The molecule has 0 aromatic carbocycles. The standard InChI is InChI=1S/C14H12N2O6S4/c17-9(18)3-5-15-11(21)7(25-13(15)23)1-2-8-12(22)16(14(24)26-8)6-4-10(19)20/h1-2H,3-6H2,(H,17,18)(H,19,20)/b7-1+,8-2+. The van der Waals surface area contributed by atoms with Crippen LogP contribution in [0.4, 0.5) is 0 Å². The van der Waals surface area contributed by atoms with Crippen LogP contribution in [-0.2, 0) is 19.2 Å². The highest BCUT2D eigenvalue weighted by Gasteiger charge is 2.34. The second kappa shape index (κ2) is 8.75. The van der Waals surface area contributed by atoms with Crippen LogP contribution in [0.15, 0.2) is 22.0 Å². The van der Waals surface area contributed by atoms with Crippen LogP contribution in [0.5, 0.6) is 0 Å². The number of allylic oxidation sites excluding steroid dienone is 2. The predicted octanol–water partition coefficient (Wildman–Crippen LogP) is 1.42. The fourth-order valence-corrected chi connectivity index (χ4v) is 4.48. The summed E-state index contributed by atoms with van der Waals surface area (Å²) in [7, 11) is 0. The monoisotopic (exact) mass is 432 g/mol. The number of carbonyl (C=O) groups excluding carboxylic acids is 2. The summed E-state index contributed by atoms with van der Waals surface area (Å²) in [6.07, 6.45) is 2.43. The molecule has 0 spiro atoms. The van der Waals surface area contributed by atoms with E-state index in [1.165, 1.54) is 22.0 Å². The summed E-state index contributed by atoms with van der Waals surface area (Å²) in [5.74, 6) is -2.90. The van der Waals surface area contributed by atoms with Crippen LogP contribution in [0.1, 0.15) is 12.8 Å². The lowest BCUT2D eigenvalue weighted by molar-refractivity contribution is -0.138. The molecule has 2 N–H and O–H groups in total. The van der Waals surface area contributed by atoms with Crippen LogP contribution in [0.2, 0.25) is 0 Å². The topological polar surface area (TPSA) is 115 Å². The molecule has 0 aliphatic carbocycles. The van der Waals surface area contributed by atoms with E-state index >= 15 is 0 Å². The van der Waals surface area contributed by atoms with Crippen molar-refractivity contribution >= 4 is 80.4 Å². The van der Waals surface area contributed by atoms with Gasteiger partial charge in [-0.2, -0.15) is 0 Å². The third kappa shape index (κ3) is 4.90. The number of thiocarbonyl (C=S) groups is 2. The van der Waals surface area contributed by atoms with Crippen molar-refractivity contribution in [3.05, 3.63) is 22.0 Å². The van der Waals surface area contributed by atoms with Gasteiger partial charge in [-0.05, 0) is 12.2 Å². The van der Waals surface area contributed by atoms with Gasteiger partial charge in [-0.15, -0.1) is 0 Å². The number of carboxylic acids is 2. The Kier molecular flexibility index (Phi) is 6.92. The van der Waals surface area contributed by atoms with Gasteiger partial charge in [-0.25, -0.2) is 0 Å². The molecule has 2 amide bonds. The highest BCUT2D eigenvalue weighted by molar-refractivity contribution is 8.27. The normalized spacial score (nSPS) is 20.8. The second-order valence-electron chi connectivity index (χ2n) is 5.00. The van der Waals surface area contributed by atoms with Gasteiger partial charge >= 0.3 is 11.9 Å². The molecule has 0 aromatic rings. The number of amides is 2. The molecule has 0 unspecified atom stereocenters. The summed E-state index contributed by atoms with van der Waals surface area (Å²) in [6, 6.07) is 0. The second-order valence-corrected chi connectivity index (χ2v) is 8.35. The zero-order valence-corrected chi connectivity index (χ0v) is 16.3. The highest BCUT2D eigenvalue weighted by Crippen LogP contribution is 2.34. The van der Waals surface area contributed by atoms with Gasteiger partial charge in [-0.1, -0.05) is 48.0 Å². The number of carboxylic acid groups (broad SMARTS) is 2. The summed E-state index contributed by atoms with van der Waals surface area (Å²) in [5.41, 5.74) is 0. The maximum atomic E-state index is 12.3. The zero-order valence-electron chi connectivity index (χ0n) is 13.0. The van der Waals surface area contributed by atoms with Crippen molar-refractivity contribution < 1.29 is 29.4 Å². The van der Waals surface area contributed by atoms with Crippen LogP contribution in [0, 0.1) is 0 Å². The predicted molar refractivity (Wildman–Crippen MR) is 104 cm³/mol. The average molecular weight is 433 g/mol. The van der Waals surface area contributed by atoms with E-state index in [0.29, 0.717) is 0 Å². The number of rotatable bonds is 7. The van der Waals surface area contributed by atoms with E-state index in [1.54, 1.807) is 0 Å². The first-order valence-electron chi connectivity index (χ1n) is 7.13. The van der Waals surface area contributed by atoms with Gasteiger partial charge in [0.25, 0.3) is 11.8 Å². The first-order chi connectivity index (χ1) is 12.2. The van der Waals surface area contributed by atoms with Crippen LogP contribution in [0.3, 0.4) is 0 Å². The molecular formula is C14H12N2O6S4. The minimum Gasteiger partial charge on any atom is -0.481 e. The first-order valence-corrected chi connectivity index (χ1v) is 9.58. The fourth-order valence-electron chi connectivity index (χ4n) is 1.98. The van der Waals surface area contributed by atoms with E-state index in [9.17, 15) is 19.2 Å². The highest BCUT2D eigenvalue weighted by atomic mass is 32.2. The Morgan fingerprint density at radius 3 is 1.50 bits per heavy atom. The van der Waals surface area contributed by atoms with Gasteiger partial charge in [0.05, 0.1) is 22.7 Å². The number of hydrogen-bond acceptors (Lipinski definition) is 8. The van der Waals surface area contributed by atoms with Crippen molar-refractivity contribution in [1.29, 1.82) is 0 Å². The molecule has 2 rings (SSSR count). The molecule has 2 saturated heterocycles. The number of thioether (sulfide) groups is 2. The lowest BCUT2D eigenvalue weighted by Crippen LogP contribution is -2.30. The van der Waals surface area contributed by atoms with Gasteiger partial charge in [0, 0.05) is 13.1 Å². The van der Waals surface area contributed by atoms with Crippen LogP contribution >= 0.6 is 48.0 Å². The van der Waals surface area contributed by atoms with Crippen LogP contribution < -0.4 is 0 Å². The molecule has 138 valence electrons. The molecule has 0 bridgehead atoms. The molecule has 26 heavy (non-hydrogen) atoms. The fraction of sp³-hybridized carbons (Fsp3) is 0.286. The first kappa shape index (κ1) is 20.6. The SMILES string of the molecule is O=C(O)CCN1C(=O)/C(=C\C=C2\SC(=S)N(CCC(=O)O)C2=O)SC1=S. The molecule has 2 aliphatic heterocycles. The Morgan fingerprint density at radius 2 is 1.19 bits per heavy atom. The van der Waals surface area contributed by atoms with Crippen molar-refractivity contribution in [1.82, 2.24) is 9.80 Å². The molecule has 8 nitrogen and oxygen atoms in total. The average Bonchev–Trinajstić information content (AvgIpc) is 2.97.